The fourth-order valence-electron chi connectivity index (χ4n) is 2.44. The minimum atomic E-state index is -0.426. The van der Waals surface area contributed by atoms with Crippen molar-refractivity contribution in [1.29, 1.82) is 0 Å². The third kappa shape index (κ3) is 1.85. The van der Waals surface area contributed by atoms with E-state index in [1.165, 1.54) is 0 Å². The van der Waals surface area contributed by atoms with Crippen molar-refractivity contribution in [2.24, 2.45) is 0 Å². The van der Waals surface area contributed by atoms with Crippen LogP contribution in [0.5, 0.6) is 0 Å². The molecule has 2 aromatic rings. The maximum absolute atomic E-state index is 12.7. The van der Waals surface area contributed by atoms with E-state index in [-0.39, 0.29) is 5.78 Å². The number of carbonyl (C=O) groups is 1. The Hall–Kier alpha value is -2.36. The topological polar surface area (TPSA) is 82.0 Å². The van der Waals surface area contributed by atoms with Crippen LogP contribution in [0.4, 0.5) is 11.5 Å². The monoisotopic (exact) mass is 253 g/mol. The van der Waals surface area contributed by atoms with E-state index in [1.807, 2.05) is 24.3 Å². The molecule has 0 saturated heterocycles. The van der Waals surface area contributed by atoms with Gasteiger partial charge in [0.05, 0.1) is 11.0 Å². The van der Waals surface area contributed by atoms with Crippen LogP contribution in [-0.2, 0) is 5.41 Å². The highest BCUT2D eigenvalue weighted by Crippen LogP contribution is 2.50. The van der Waals surface area contributed by atoms with Crippen LogP contribution in [-0.4, -0.2) is 10.8 Å². The number of nitrogens with zero attached hydrogens (tertiary/aromatic N) is 1. The fourth-order valence-corrected chi connectivity index (χ4v) is 2.44. The number of hydrogen-bond donors (Lipinski definition) is 2. The standard InChI is InChI=1S/C15H15N3O/c16-11-5-3-10(4-6-11)15(7-8-15)13(19)12-2-1-9-18-14(12)17/h1-6,9H,7-8,16H2,(H2,17,18). The average Bonchev–Trinajstić information content (AvgIpc) is 3.21. The summed E-state index contributed by atoms with van der Waals surface area (Å²) >= 11 is 0. The van der Waals surface area contributed by atoms with Gasteiger partial charge in [-0.05, 0) is 42.7 Å². The van der Waals surface area contributed by atoms with E-state index in [9.17, 15) is 4.79 Å². The first-order chi connectivity index (χ1) is 9.13. The van der Waals surface area contributed by atoms with Crippen LogP contribution in [0, 0.1) is 0 Å². The van der Waals surface area contributed by atoms with Gasteiger partial charge in [0.15, 0.2) is 5.78 Å². The maximum atomic E-state index is 12.7. The van der Waals surface area contributed by atoms with E-state index >= 15 is 0 Å². The lowest BCUT2D eigenvalue weighted by Gasteiger charge is -2.15. The zero-order valence-electron chi connectivity index (χ0n) is 10.5. The number of benzene rings is 1. The predicted octanol–water partition coefficient (Wildman–Crippen LogP) is 2.16. The fraction of sp³-hybridized carbons (Fsp3) is 0.200. The van der Waals surface area contributed by atoms with Crippen LogP contribution in [0.1, 0.15) is 28.8 Å². The average molecular weight is 253 g/mol. The third-order valence-electron chi connectivity index (χ3n) is 3.73. The van der Waals surface area contributed by atoms with Gasteiger partial charge in [0, 0.05) is 11.9 Å². The molecule has 1 heterocycles. The highest BCUT2D eigenvalue weighted by molar-refractivity contribution is 6.08. The van der Waals surface area contributed by atoms with E-state index in [0.29, 0.717) is 17.1 Å². The lowest BCUT2D eigenvalue weighted by atomic mass is 9.87. The number of rotatable bonds is 3. The molecule has 1 saturated carbocycles. The van der Waals surface area contributed by atoms with Crippen molar-refractivity contribution in [3.63, 3.8) is 0 Å². The van der Waals surface area contributed by atoms with Crippen molar-refractivity contribution in [3.05, 3.63) is 53.7 Å². The lowest BCUT2D eigenvalue weighted by molar-refractivity contribution is 0.0946. The van der Waals surface area contributed by atoms with Crippen molar-refractivity contribution in [3.8, 4) is 0 Å². The number of aromatic nitrogens is 1. The summed E-state index contributed by atoms with van der Waals surface area (Å²) in [6, 6.07) is 11.0. The van der Waals surface area contributed by atoms with Crippen LogP contribution in [0.25, 0.3) is 0 Å². The van der Waals surface area contributed by atoms with E-state index in [0.717, 1.165) is 18.4 Å². The van der Waals surface area contributed by atoms with E-state index in [2.05, 4.69) is 4.98 Å². The number of hydrogen-bond acceptors (Lipinski definition) is 4. The van der Waals surface area contributed by atoms with Crippen molar-refractivity contribution in [2.45, 2.75) is 18.3 Å². The van der Waals surface area contributed by atoms with Crippen LogP contribution >= 0.6 is 0 Å². The van der Waals surface area contributed by atoms with Gasteiger partial charge in [0.2, 0.25) is 0 Å². The Kier molecular flexibility index (Phi) is 2.52. The molecule has 0 atom stereocenters. The Labute approximate surface area is 111 Å². The molecule has 1 aliphatic carbocycles. The first kappa shape index (κ1) is 11.7. The number of Topliss-reactive ketones (excluding diaryl/α,β-unsaturated/α-hetero) is 1. The Morgan fingerprint density at radius 3 is 2.37 bits per heavy atom. The summed E-state index contributed by atoms with van der Waals surface area (Å²) in [6.07, 6.45) is 3.29. The molecule has 0 unspecified atom stereocenters. The van der Waals surface area contributed by atoms with Gasteiger partial charge in [-0.3, -0.25) is 4.79 Å². The smallest absolute Gasteiger partial charge is 0.177 e. The Bertz CT molecular complexity index is 630. The summed E-state index contributed by atoms with van der Waals surface area (Å²) in [5, 5.41) is 0. The van der Waals surface area contributed by atoms with E-state index < -0.39 is 5.41 Å². The molecule has 1 aliphatic rings. The summed E-state index contributed by atoms with van der Waals surface area (Å²) in [5.41, 5.74) is 13.3. The van der Waals surface area contributed by atoms with Gasteiger partial charge in [-0.2, -0.15) is 0 Å². The zero-order chi connectivity index (χ0) is 13.5. The summed E-state index contributed by atoms with van der Waals surface area (Å²) in [5.74, 6) is 0.358. The summed E-state index contributed by atoms with van der Waals surface area (Å²) in [7, 11) is 0. The number of carbonyl (C=O) groups excluding carboxylic acids is 1. The quantitative estimate of drug-likeness (QED) is 0.648. The minimum Gasteiger partial charge on any atom is -0.399 e. The molecule has 0 aliphatic heterocycles. The molecular formula is C15H15N3O. The van der Waals surface area contributed by atoms with Crippen LogP contribution in [0.3, 0.4) is 0 Å². The second-order valence-corrected chi connectivity index (χ2v) is 4.97. The Morgan fingerprint density at radius 1 is 1.11 bits per heavy atom. The van der Waals surface area contributed by atoms with Crippen molar-refractivity contribution < 1.29 is 4.79 Å². The van der Waals surface area contributed by atoms with Gasteiger partial charge in [0.1, 0.15) is 5.82 Å². The summed E-state index contributed by atoms with van der Waals surface area (Å²) in [6.45, 7) is 0. The van der Waals surface area contributed by atoms with Crippen molar-refractivity contribution >= 4 is 17.3 Å². The summed E-state index contributed by atoms with van der Waals surface area (Å²) < 4.78 is 0. The number of pyridine rings is 1. The molecule has 3 rings (SSSR count). The molecular weight excluding hydrogens is 238 g/mol. The molecule has 0 bridgehead atoms. The normalized spacial score (nSPS) is 16.0. The summed E-state index contributed by atoms with van der Waals surface area (Å²) in [4.78, 5) is 16.7. The number of nitrogen functional groups attached to an aromatic ring is 2. The minimum absolute atomic E-state index is 0.0582. The molecule has 1 aromatic carbocycles. The molecule has 0 spiro atoms. The maximum Gasteiger partial charge on any atom is 0.177 e. The van der Waals surface area contributed by atoms with Crippen LogP contribution < -0.4 is 11.5 Å². The van der Waals surface area contributed by atoms with Crippen molar-refractivity contribution in [1.82, 2.24) is 4.98 Å². The molecule has 1 aromatic heterocycles. The number of anilines is 2. The highest BCUT2D eigenvalue weighted by Gasteiger charge is 2.51. The zero-order valence-corrected chi connectivity index (χ0v) is 10.5. The SMILES string of the molecule is Nc1ccc(C2(C(=O)c3cccnc3N)CC2)cc1. The third-order valence-corrected chi connectivity index (χ3v) is 3.73. The van der Waals surface area contributed by atoms with Gasteiger partial charge in [-0.1, -0.05) is 12.1 Å². The van der Waals surface area contributed by atoms with Gasteiger partial charge in [-0.15, -0.1) is 0 Å². The highest BCUT2D eigenvalue weighted by atomic mass is 16.1. The van der Waals surface area contributed by atoms with Gasteiger partial charge < -0.3 is 11.5 Å². The molecule has 4 nitrogen and oxygen atoms in total. The molecule has 4 heteroatoms. The van der Waals surface area contributed by atoms with Crippen LogP contribution in [0.15, 0.2) is 42.6 Å². The molecule has 0 radical (unpaired) electrons. The van der Waals surface area contributed by atoms with E-state index in [4.69, 9.17) is 11.5 Å². The molecule has 0 amide bonds. The molecule has 1 fully saturated rings. The molecule has 4 N–H and O–H groups in total. The van der Waals surface area contributed by atoms with Gasteiger partial charge in [-0.25, -0.2) is 4.98 Å². The number of nitrogens with two attached hydrogens (primary N) is 2. The molecule has 19 heavy (non-hydrogen) atoms. The first-order valence-electron chi connectivity index (χ1n) is 6.25. The second kappa shape index (κ2) is 4.09. The van der Waals surface area contributed by atoms with E-state index in [1.54, 1.807) is 18.3 Å². The largest absolute Gasteiger partial charge is 0.399 e. The lowest BCUT2D eigenvalue weighted by Crippen LogP contribution is -2.22. The predicted molar refractivity (Wildman–Crippen MR) is 74.7 cm³/mol. The molecule has 96 valence electrons. The second-order valence-electron chi connectivity index (χ2n) is 4.97. The van der Waals surface area contributed by atoms with Crippen molar-refractivity contribution in [2.75, 3.05) is 11.5 Å². The Balaban J connectivity index is 2.00. The Morgan fingerprint density at radius 2 is 1.79 bits per heavy atom. The van der Waals surface area contributed by atoms with Gasteiger partial charge in [0.25, 0.3) is 0 Å². The van der Waals surface area contributed by atoms with Crippen LogP contribution in [0.2, 0.25) is 0 Å². The number of ketones is 1. The first-order valence-corrected chi connectivity index (χ1v) is 6.25. The van der Waals surface area contributed by atoms with Gasteiger partial charge >= 0.3 is 0 Å².